The predicted molar refractivity (Wildman–Crippen MR) is 81.9 cm³/mol. The fraction of sp³-hybridized carbons (Fsp3) is 0.400. The summed E-state index contributed by atoms with van der Waals surface area (Å²) < 4.78 is 0.885. The van der Waals surface area contributed by atoms with Gasteiger partial charge in [-0.1, -0.05) is 28.1 Å². The van der Waals surface area contributed by atoms with Crippen molar-refractivity contribution in [1.29, 1.82) is 0 Å². The molecule has 0 aromatic heterocycles. The zero-order valence-corrected chi connectivity index (χ0v) is 13.6. The number of nitrogens with zero attached hydrogens (tertiary/aromatic N) is 2. The van der Waals surface area contributed by atoms with Crippen LogP contribution in [-0.4, -0.2) is 53.1 Å². The molecule has 0 atom stereocenters. The maximum absolute atomic E-state index is 12.2. The van der Waals surface area contributed by atoms with E-state index in [0.717, 1.165) is 4.47 Å². The van der Waals surface area contributed by atoms with E-state index in [1.54, 1.807) is 24.3 Å². The van der Waals surface area contributed by atoms with Crippen LogP contribution in [0.5, 0.6) is 0 Å². The first-order valence-electron chi connectivity index (χ1n) is 6.79. The fourth-order valence-corrected chi connectivity index (χ4v) is 2.50. The number of carbonyl (C=O) groups is 3. The van der Waals surface area contributed by atoms with Crippen LogP contribution in [0, 0.1) is 0 Å². The second-order valence-corrected chi connectivity index (χ2v) is 6.16. The molecular formula is C15H17BrN2O3. The molecule has 1 aliphatic rings. The number of hydrogen-bond acceptors (Lipinski definition) is 3. The average molecular weight is 353 g/mol. The molecule has 6 heteroatoms. The summed E-state index contributed by atoms with van der Waals surface area (Å²) in [5.41, 5.74) is 0.532. The number of carbonyl (C=O) groups excluding carboxylic acids is 3. The van der Waals surface area contributed by atoms with Crippen LogP contribution in [0.1, 0.15) is 24.2 Å². The lowest BCUT2D eigenvalue weighted by atomic mass is 10.1. The van der Waals surface area contributed by atoms with Gasteiger partial charge >= 0.3 is 11.8 Å². The van der Waals surface area contributed by atoms with E-state index in [0.29, 0.717) is 18.7 Å². The Kier molecular flexibility index (Phi) is 4.77. The van der Waals surface area contributed by atoms with Gasteiger partial charge < -0.3 is 9.80 Å². The lowest BCUT2D eigenvalue weighted by Crippen LogP contribution is -2.57. The van der Waals surface area contributed by atoms with Crippen LogP contribution < -0.4 is 0 Å². The first kappa shape index (κ1) is 15.7. The standard InChI is InChI=1S/C15H17BrN2O3/c1-10(2)18-8-7-17(14(20)15(18)21)9-13(19)11-3-5-12(16)6-4-11/h3-6,10H,7-9H2,1-2H3. The molecule has 0 radical (unpaired) electrons. The summed E-state index contributed by atoms with van der Waals surface area (Å²) in [6.07, 6.45) is 0. The molecule has 0 saturated carbocycles. The Morgan fingerprint density at radius 1 is 1.14 bits per heavy atom. The van der Waals surface area contributed by atoms with Gasteiger partial charge in [0.2, 0.25) is 0 Å². The highest BCUT2D eigenvalue weighted by Gasteiger charge is 2.34. The summed E-state index contributed by atoms with van der Waals surface area (Å²) in [6.45, 7) is 4.54. The number of ketones is 1. The van der Waals surface area contributed by atoms with Crippen LogP contribution in [0.4, 0.5) is 0 Å². The zero-order chi connectivity index (χ0) is 15.6. The van der Waals surface area contributed by atoms with Gasteiger partial charge in [0.15, 0.2) is 5.78 Å². The highest BCUT2D eigenvalue weighted by molar-refractivity contribution is 9.10. The average Bonchev–Trinajstić information content (AvgIpc) is 2.44. The third kappa shape index (κ3) is 3.50. The summed E-state index contributed by atoms with van der Waals surface area (Å²) in [7, 11) is 0. The van der Waals surface area contributed by atoms with Crippen molar-refractivity contribution in [2.45, 2.75) is 19.9 Å². The number of amides is 2. The lowest BCUT2D eigenvalue weighted by molar-refractivity contribution is -0.156. The molecular weight excluding hydrogens is 336 g/mol. The number of hydrogen-bond donors (Lipinski definition) is 0. The first-order chi connectivity index (χ1) is 9.90. The van der Waals surface area contributed by atoms with Crippen molar-refractivity contribution < 1.29 is 14.4 Å². The van der Waals surface area contributed by atoms with E-state index in [2.05, 4.69) is 15.9 Å². The normalized spacial score (nSPS) is 15.8. The quantitative estimate of drug-likeness (QED) is 0.612. The summed E-state index contributed by atoms with van der Waals surface area (Å²) >= 11 is 3.30. The molecule has 112 valence electrons. The van der Waals surface area contributed by atoms with Crippen molar-refractivity contribution in [3.05, 3.63) is 34.3 Å². The summed E-state index contributed by atoms with van der Waals surface area (Å²) in [6, 6.07) is 6.94. The van der Waals surface area contributed by atoms with E-state index in [4.69, 9.17) is 0 Å². The second kappa shape index (κ2) is 6.39. The van der Waals surface area contributed by atoms with E-state index < -0.39 is 11.8 Å². The number of Topliss-reactive ketones (excluding diaryl/α,β-unsaturated/α-hetero) is 1. The molecule has 0 unspecified atom stereocenters. The van der Waals surface area contributed by atoms with Gasteiger partial charge in [-0.3, -0.25) is 14.4 Å². The lowest BCUT2D eigenvalue weighted by Gasteiger charge is -2.35. The summed E-state index contributed by atoms with van der Waals surface area (Å²) in [4.78, 5) is 39.0. The molecule has 1 fully saturated rings. The Hall–Kier alpha value is -1.69. The molecule has 1 aromatic carbocycles. The highest BCUT2D eigenvalue weighted by Crippen LogP contribution is 2.13. The van der Waals surface area contributed by atoms with Gasteiger partial charge in [0.05, 0.1) is 6.54 Å². The minimum atomic E-state index is -0.597. The molecule has 2 amide bonds. The Labute approximate surface area is 132 Å². The maximum atomic E-state index is 12.2. The summed E-state index contributed by atoms with van der Waals surface area (Å²) in [5, 5.41) is 0. The molecule has 0 N–H and O–H groups in total. The Morgan fingerprint density at radius 3 is 2.33 bits per heavy atom. The minimum Gasteiger partial charge on any atom is -0.330 e. The molecule has 5 nitrogen and oxygen atoms in total. The molecule has 1 saturated heterocycles. The van der Waals surface area contributed by atoms with Crippen molar-refractivity contribution in [1.82, 2.24) is 9.80 Å². The number of piperazine rings is 1. The third-order valence-electron chi connectivity index (χ3n) is 3.47. The SMILES string of the molecule is CC(C)N1CCN(CC(=O)c2ccc(Br)cc2)C(=O)C1=O. The number of benzene rings is 1. The van der Waals surface area contributed by atoms with Gasteiger partial charge in [0.25, 0.3) is 0 Å². The molecule has 1 aliphatic heterocycles. The number of rotatable bonds is 4. The molecule has 0 aliphatic carbocycles. The zero-order valence-electron chi connectivity index (χ0n) is 12.0. The minimum absolute atomic E-state index is 0.00854. The predicted octanol–water partition coefficient (Wildman–Crippen LogP) is 1.71. The van der Waals surface area contributed by atoms with Crippen LogP contribution in [0.25, 0.3) is 0 Å². The smallest absolute Gasteiger partial charge is 0.312 e. The van der Waals surface area contributed by atoms with Crippen LogP contribution in [0.3, 0.4) is 0 Å². The van der Waals surface area contributed by atoms with Gasteiger partial charge in [0.1, 0.15) is 0 Å². The fourth-order valence-electron chi connectivity index (χ4n) is 2.23. The van der Waals surface area contributed by atoms with E-state index in [-0.39, 0.29) is 18.4 Å². The number of halogens is 1. The Morgan fingerprint density at radius 2 is 1.76 bits per heavy atom. The first-order valence-corrected chi connectivity index (χ1v) is 7.58. The van der Waals surface area contributed by atoms with Crippen LogP contribution in [0.15, 0.2) is 28.7 Å². The van der Waals surface area contributed by atoms with Gasteiger partial charge in [-0.2, -0.15) is 0 Å². The van der Waals surface area contributed by atoms with Gasteiger partial charge in [0, 0.05) is 29.2 Å². The monoisotopic (exact) mass is 352 g/mol. The van der Waals surface area contributed by atoms with Crippen LogP contribution in [-0.2, 0) is 9.59 Å². The molecule has 1 heterocycles. The maximum Gasteiger partial charge on any atom is 0.312 e. The highest BCUT2D eigenvalue weighted by atomic mass is 79.9. The third-order valence-corrected chi connectivity index (χ3v) is 3.99. The van der Waals surface area contributed by atoms with Gasteiger partial charge in [-0.05, 0) is 26.0 Å². The molecule has 21 heavy (non-hydrogen) atoms. The largest absolute Gasteiger partial charge is 0.330 e. The van der Waals surface area contributed by atoms with Crippen molar-refractivity contribution in [3.8, 4) is 0 Å². The van der Waals surface area contributed by atoms with E-state index in [1.165, 1.54) is 9.80 Å². The molecule has 0 bridgehead atoms. The Bertz CT molecular complexity index is 569. The van der Waals surface area contributed by atoms with Crippen LogP contribution in [0.2, 0.25) is 0 Å². The second-order valence-electron chi connectivity index (χ2n) is 5.25. The van der Waals surface area contributed by atoms with Gasteiger partial charge in [-0.25, -0.2) is 0 Å². The van der Waals surface area contributed by atoms with Gasteiger partial charge in [-0.15, -0.1) is 0 Å². The molecule has 2 rings (SSSR count). The Balaban J connectivity index is 2.04. The molecule has 1 aromatic rings. The van der Waals surface area contributed by atoms with Crippen LogP contribution >= 0.6 is 15.9 Å². The summed E-state index contributed by atoms with van der Waals surface area (Å²) in [5.74, 6) is -1.29. The van der Waals surface area contributed by atoms with E-state index in [1.807, 2.05) is 13.8 Å². The van der Waals surface area contributed by atoms with E-state index in [9.17, 15) is 14.4 Å². The van der Waals surface area contributed by atoms with Crippen molar-refractivity contribution in [3.63, 3.8) is 0 Å². The van der Waals surface area contributed by atoms with Crippen molar-refractivity contribution >= 4 is 33.5 Å². The van der Waals surface area contributed by atoms with Crippen molar-refractivity contribution in [2.24, 2.45) is 0 Å². The van der Waals surface area contributed by atoms with Crippen molar-refractivity contribution in [2.75, 3.05) is 19.6 Å². The molecule has 0 spiro atoms. The van der Waals surface area contributed by atoms with E-state index >= 15 is 0 Å². The topological polar surface area (TPSA) is 57.7 Å².